The van der Waals surface area contributed by atoms with Crippen LogP contribution in [0.5, 0.6) is 6.01 Å². The van der Waals surface area contributed by atoms with Gasteiger partial charge < -0.3 is 24.8 Å². The normalized spacial score (nSPS) is 26.0. The molecule has 5 aliphatic rings. The lowest BCUT2D eigenvalue weighted by Crippen LogP contribution is -2.54. The van der Waals surface area contributed by atoms with Crippen LogP contribution in [0.4, 0.5) is 24.0 Å². The van der Waals surface area contributed by atoms with Gasteiger partial charge in [0.2, 0.25) is 0 Å². The van der Waals surface area contributed by atoms with Gasteiger partial charge in [0.15, 0.2) is 11.6 Å². The van der Waals surface area contributed by atoms with E-state index in [0.29, 0.717) is 36.3 Å². The number of halogens is 3. The lowest BCUT2D eigenvalue weighted by Gasteiger charge is -2.42. The van der Waals surface area contributed by atoms with Crippen molar-refractivity contribution in [3.63, 3.8) is 0 Å². The number of piperazine rings is 1. The Hall–Kier alpha value is -3.81. The number of nitrogens with two attached hydrogens (primary N) is 1. The fraction of sp³-hybridized carbons (Fsp3) is 0.556. The van der Waals surface area contributed by atoms with Crippen molar-refractivity contribution < 1.29 is 27.4 Å². The second-order valence-corrected chi connectivity index (χ2v) is 15.6. The summed E-state index contributed by atoms with van der Waals surface area (Å²) in [5.41, 5.74) is 7.34. The van der Waals surface area contributed by atoms with Crippen LogP contribution >= 0.6 is 11.3 Å². The van der Waals surface area contributed by atoms with Crippen LogP contribution in [0.25, 0.3) is 32.2 Å². The molecule has 15 heteroatoms. The van der Waals surface area contributed by atoms with Crippen LogP contribution in [-0.4, -0.2) is 102 Å². The molecule has 4 saturated heterocycles. The van der Waals surface area contributed by atoms with Crippen molar-refractivity contribution in [2.75, 3.05) is 63.7 Å². The average Bonchev–Trinajstić information content (AvgIpc) is 3.93. The van der Waals surface area contributed by atoms with Gasteiger partial charge >= 0.3 is 6.01 Å². The SMILES string of the molecule is COCCCN1CC2CCC(C1)N2c1nc(OC[C@@]23CCCN2C[C@@H](F)C3)nc2c(F)c(-c3ncc(F)c4sc(N)c(C#N)c34)c3c(c12)COC3. The molecule has 0 amide bonds. The minimum Gasteiger partial charge on any atom is -0.461 e. The summed E-state index contributed by atoms with van der Waals surface area (Å²) in [6.07, 6.45) is 5.13. The van der Waals surface area contributed by atoms with Crippen LogP contribution < -0.4 is 15.4 Å². The number of anilines is 2. The summed E-state index contributed by atoms with van der Waals surface area (Å²) in [5, 5.41) is 10.9. The first kappa shape index (κ1) is 33.1. The van der Waals surface area contributed by atoms with Crippen LogP contribution in [0.3, 0.4) is 0 Å². The van der Waals surface area contributed by atoms with E-state index in [1.54, 1.807) is 7.11 Å². The van der Waals surface area contributed by atoms with Crippen molar-refractivity contribution in [3.8, 4) is 23.3 Å². The number of nitriles is 1. The van der Waals surface area contributed by atoms with E-state index in [1.165, 1.54) is 0 Å². The van der Waals surface area contributed by atoms with Crippen LogP contribution in [0, 0.1) is 23.0 Å². The van der Waals surface area contributed by atoms with Gasteiger partial charge in [-0.25, -0.2) is 13.2 Å². The number of pyridine rings is 1. The monoisotopic (exact) mass is 720 g/mol. The molecule has 0 spiro atoms. The summed E-state index contributed by atoms with van der Waals surface area (Å²) in [5.74, 6) is -0.704. The Morgan fingerprint density at radius 1 is 1.14 bits per heavy atom. The van der Waals surface area contributed by atoms with Crippen molar-refractivity contribution in [1.29, 1.82) is 5.26 Å². The number of fused-ring (bicyclic) bond motifs is 7. The predicted octanol–water partition coefficient (Wildman–Crippen LogP) is 5.31. The number of hydrogen-bond acceptors (Lipinski definition) is 12. The third-order valence-corrected chi connectivity index (χ3v) is 12.7. The van der Waals surface area contributed by atoms with Crippen molar-refractivity contribution in [2.24, 2.45) is 0 Å². The number of thiophene rings is 1. The first-order valence-electron chi connectivity index (χ1n) is 17.7. The van der Waals surface area contributed by atoms with E-state index >= 15 is 8.78 Å². The quantitative estimate of drug-likeness (QED) is 0.226. The third-order valence-electron chi connectivity index (χ3n) is 11.7. The fourth-order valence-corrected chi connectivity index (χ4v) is 10.4. The molecule has 4 atom stereocenters. The summed E-state index contributed by atoms with van der Waals surface area (Å²) >= 11 is 0.937. The second-order valence-electron chi connectivity index (χ2n) is 14.6. The van der Waals surface area contributed by atoms with Crippen molar-refractivity contribution in [3.05, 3.63) is 34.5 Å². The van der Waals surface area contributed by atoms with Crippen LogP contribution in [0.1, 0.15) is 55.2 Å². The molecule has 0 aliphatic carbocycles. The fourth-order valence-electron chi connectivity index (χ4n) is 9.48. The summed E-state index contributed by atoms with van der Waals surface area (Å²) in [7, 11) is 1.72. The van der Waals surface area contributed by atoms with Gasteiger partial charge in [-0.1, -0.05) is 0 Å². The summed E-state index contributed by atoms with van der Waals surface area (Å²) in [6, 6.07) is 2.40. The molecule has 268 valence electrons. The number of ether oxygens (including phenoxy) is 3. The van der Waals surface area contributed by atoms with E-state index in [-0.39, 0.29) is 75.3 Å². The first-order valence-corrected chi connectivity index (χ1v) is 18.5. The Morgan fingerprint density at radius 2 is 1.94 bits per heavy atom. The van der Waals surface area contributed by atoms with Gasteiger partial charge in [0.1, 0.15) is 35.2 Å². The van der Waals surface area contributed by atoms with E-state index in [1.807, 2.05) is 0 Å². The zero-order valence-corrected chi connectivity index (χ0v) is 29.2. The van der Waals surface area contributed by atoms with Crippen LogP contribution in [0.15, 0.2) is 6.20 Å². The molecular formula is C36H39F3N8O3S. The maximum atomic E-state index is 17.5. The number of nitrogen functional groups attached to an aromatic ring is 1. The Balaban J connectivity index is 1.21. The van der Waals surface area contributed by atoms with E-state index in [0.717, 1.165) is 81.4 Å². The number of nitrogens with zero attached hydrogens (tertiary/aromatic N) is 7. The average molecular weight is 721 g/mol. The lowest BCUT2D eigenvalue weighted by molar-refractivity contribution is 0.107. The van der Waals surface area contributed by atoms with Gasteiger partial charge in [-0.3, -0.25) is 14.8 Å². The topological polar surface area (TPSA) is 126 Å². The zero-order chi connectivity index (χ0) is 35.0. The van der Waals surface area contributed by atoms with Gasteiger partial charge in [-0.2, -0.15) is 15.2 Å². The van der Waals surface area contributed by atoms with E-state index in [9.17, 15) is 9.65 Å². The van der Waals surface area contributed by atoms with Crippen molar-refractivity contribution in [1.82, 2.24) is 24.8 Å². The highest BCUT2D eigenvalue weighted by atomic mass is 32.1. The second kappa shape index (κ2) is 12.7. The molecule has 3 aromatic heterocycles. The molecule has 4 aromatic rings. The maximum absolute atomic E-state index is 17.5. The van der Waals surface area contributed by atoms with Gasteiger partial charge in [-0.15, -0.1) is 11.3 Å². The van der Waals surface area contributed by atoms with E-state index < -0.39 is 23.3 Å². The van der Waals surface area contributed by atoms with E-state index in [4.69, 9.17) is 29.9 Å². The number of aromatic nitrogens is 3. The Labute approximate surface area is 297 Å². The minimum absolute atomic E-state index is 0.0291. The van der Waals surface area contributed by atoms with E-state index in [2.05, 4.69) is 25.8 Å². The Bertz CT molecular complexity index is 2080. The van der Waals surface area contributed by atoms with Gasteiger partial charge in [0.05, 0.1) is 46.3 Å². The standard InChI is InChI=1S/C36H39F3N8O3S/c1-48-9-3-7-45-14-20-4-5-21(15-45)47(20)34-28-24-17-49-16-23(24)26(30-27-22(11-40)33(41)51-32(27)25(38)12-42-30)29(39)31(28)43-35(44-34)50-18-36-6-2-8-46(36)13-19(37)10-36/h12,19-21H,2-10,13-18,41H2,1H3/t19-,20?,21?,36-/m0/s1. The molecule has 2 bridgehead atoms. The number of alkyl halides is 1. The number of rotatable bonds is 9. The van der Waals surface area contributed by atoms with Crippen molar-refractivity contribution >= 4 is 43.1 Å². The molecule has 9 rings (SSSR count). The zero-order valence-electron chi connectivity index (χ0n) is 28.4. The highest BCUT2D eigenvalue weighted by Crippen LogP contribution is 2.48. The molecule has 2 unspecified atom stereocenters. The third kappa shape index (κ3) is 5.24. The molecule has 0 radical (unpaired) electrons. The molecule has 1 aromatic carbocycles. The minimum atomic E-state index is -0.926. The molecule has 5 aliphatic heterocycles. The number of methoxy groups -OCH3 is 1. The molecule has 2 N–H and O–H groups in total. The number of likely N-dealkylation sites (tertiary alicyclic amines) is 1. The van der Waals surface area contributed by atoms with Gasteiger partial charge in [0.25, 0.3) is 0 Å². The summed E-state index contributed by atoms with van der Waals surface area (Å²) < 4.78 is 65.1. The largest absolute Gasteiger partial charge is 0.461 e. The maximum Gasteiger partial charge on any atom is 0.319 e. The van der Waals surface area contributed by atoms with Crippen LogP contribution in [0.2, 0.25) is 0 Å². The Kier molecular flexibility index (Phi) is 8.23. The van der Waals surface area contributed by atoms with Crippen molar-refractivity contribution in [2.45, 2.75) is 75.5 Å². The van der Waals surface area contributed by atoms with Crippen LogP contribution in [-0.2, 0) is 22.7 Å². The molecule has 4 fully saturated rings. The summed E-state index contributed by atoms with van der Waals surface area (Å²) in [4.78, 5) is 21.1. The molecule has 11 nitrogen and oxygen atoms in total. The number of benzene rings is 1. The highest BCUT2D eigenvalue weighted by Gasteiger charge is 2.50. The lowest BCUT2D eigenvalue weighted by atomic mass is 9.93. The summed E-state index contributed by atoms with van der Waals surface area (Å²) in [6.45, 7) is 4.99. The highest BCUT2D eigenvalue weighted by molar-refractivity contribution is 7.23. The molecule has 51 heavy (non-hydrogen) atoms. The molecule has 8 heterocycles. The smallest absolute Gasteiger partial charge is 0.319 e. The van der Waals surface area contributed by atoms with Gasteiger partial charge in [-0.05, 0) is 49.8 Å². The first-order chi connectivity index (χ1) is 24.8. The molecule has 0 saturated carbocycles. The molecular weight excluding hydrogens is 682 g/mol. The Morgan fingerprint density at radius 3 is 2.73 bits per heavy atom. The number of hydrogen-bond donors (Lipinski definition) is 1. The van der Waals surface area contributed by atoms with Gasteiger partial charge in [0, 0.05) is 69.3 Å². The predicted molar refractivity (Wildman–Crippen MR) is 186 cm³/mol.